The van der Waals surface area contributed by atoms with E-state index in [1.807, 2.05) is 55.5 Å². The van der Waals surface area contributed by atoms with Crippen LogP contribution in [0.25, 0.3) is 11.0 Å². The van der Waals surface area contributed by atoms with Gasteiger partial charge in [0.1, 0.15) is 22.6 Å². The molecule has 0 aliphatic rings. The number of nitrogens with one attached hydrogen (secondary N) is 1. The van der Waals surface area contributed by atoms with Gasteiger partial charge >= 0.3 is 11.6 Å². The van der Waals surface area contributed by atoms with Crippen LogP contribution in [-0.4, -0.2) is 18.5 Å². The molecular formula is C26H21NO6. The average molecular weight is 443 g/mol. The van der Waals surface area contributed by atoms with Crippen LogP contribution in [0.2, 0.25) is 0 Å². The quantitative estimate of drug-likeness (QED) is 0.263. The van der Waals surface area contributed by atoms with Gasteiger partial charge in [0.05, 0.1) is 0 Å². The lowest BCUT2D eigenvalue weighted by atomic mass is 10.1. The number of amides is 1. The SMILES string of the molecule is Cc1cccc(OCC(=O)Oc2ccc3cc(C(=O)NCc4ccccc4)c(=O)oc3c2)c1. The van der Waals surface area contributed by atoms with Crippen molar-refractivity contribution in [3.8, 4) is 11.5 Å². The maximum absolute atomic E-state index is 12.5. The van der Waals surface area contributed by atoms with Gasteiger partial charge in [-0.15, -0.1) is 0 Å². The highest BCUT2D eigenvalue weighted by molar-refractivity contribution is 5.96. The predicted octanol–water partition coefficient (Wildman–Crippen LogP) is 4.02. The summed E-state index contributed by atoms with van der Waals surface area (Å²) in [5.74, 6) is -0.368. The second-order valence-electron chi connectivity index (χ2n) is 7.39. The molecule has 0 atom stereocenters. The molecule has 166 valence electrons. The minimum absolute atomic E-state index is 0.102. The minimum Gasteiger partial charge on any atom is -0.482 e. The van der Waals surface area contributed by atoms with Gasteiger partial charge in [0.15, 0.2) is 6.61 Å². The van der Waals surface area contributed by atoms with Gasteiger partial charge in [-0.05, 0) is 48.4 Å². The third-order valence-electron chi connectivity index (χ3n) is 4.83. The maximum atomic E-state index is 12.5. The topological polar surface area (TPSA) is 94.8 Å². The van der Waals surface area contributed by atoms with Crippen LogP contribution >= 0.6 is 0 Å². The number of aryl methyl sites for hydroxylation is 1. The van der Waals surface area contributed by atoms with Crippen molar-refractivity contribution in [1.82, 2.24) is 5.32 Å². The Labute approximate surface area is 189 Å². The molecule has 0 bridgehead atoms. The average Bonchev–Trinajstić information content (AvgIpc) is 2.81. The first-order valence-electron chi connectivity index (χ1n) is 10.3. The molecule has 0 radical (unpaired) electrons. The van der Waals surface area contributed by atoms with E-state index < -0.39 is 17.5 Å². The van der Waals surface area contributed by atoms with Crippen LogP contribution < -0.4 is 20.4 Å². The lowest BCUT2D eigenvalue weighted by Crippen LogP contribution is -2.27. The number of hydrogen-bond donors (Lipinski definition) is 1. The Morgan fingerprint density at radius 2 is 1.73 bits per heavy atom. The number of fused-ring (bicyclic) bond motifs is 1. The fourth-order valence-corrected chi connectivity index (χ4v) is 3.20. The molecule has 1 heterocycles. The molecule has 7 heteroatoms. The van der Waals surface area contributed by atoms with Gasteiger partial charge in [0, 0.05) is 18.0 Å². The molecule has 0 saturated carbocycles. The number of hydrogen-bond acceptors (Lipinski definition) is 6. The molecule has 3 aromatic carbocycles. The molecule has 0 fully saturated rings. The Morgan fingerprint density at radius 3 is 2.52 bits per heavy atom. The van der Waals surface area contributed by atoms with Crippen LogP contribution in [0, 0.1) is 6.92 Å². The van der Waals surface area contributed by atoms with E-state index in [-0.39, 0.29) is 30.0 Å². The van der Waals surface area contributed by atoms with E-state index in [0.717, 1.165) is 11.1 Å². The van der Waals surface area contributed by atoms with E-state index in [1.165, 1.54) is 12.1 Å². The summed E-state index contributed by atoms with van der Waals surface area (Å²) in [5.41, 5.74) is 1.24. The summed E-state index contributed by atoms with van der Waals surface area (Å²) in [5, 5.41) is 3.23. The molecule has 0 unspecified atom stereocenters. The van der Waals surface area contributed by atoms with Crippen LogP contribution in [0.15, 0.2) is 88.1 Å². The van der Waals surface area contributed by atoms with Crippen molar-refractivity contribution in [2.45, 2.75) is 13.5 Å². The van der Waals surface area contributed by atoms with Gasteiger partial charge in [-0.25, -0.2) is 9.59 Å². The van der Waals surface area contributed by atoms with E-state index >= 15 is 0 Å². The fraction of sp³-hybridized carbons (Fsp3) is 0.115. The van der Waals surface area contributed by atoms with E-state index in [2.05, 4.69) is 5.32 Å². The molecule has 4 rings (SSSR count). The molecular weight excluding hydrogens is 422 g/mol. The third kappa shape index (κ3) is 5.65. The zero-order chi connectivity index (χ0) is 23.2. The zero-order valence-corrected chi connectivity index (χ0v) is 17.9. The highest BCUT2D eigenvalue weighted by Gasteiger charge is 2.15. The first-order chi connectivity index (χ1) is 16.0. The Bertz CT molecular complexity index is 1360. The second-order valence-corrected chi connectivity index (χ2v) is 7.39. The number of carbonyl (C=O) groups is 2. The molecule has 0 saturated heterocycles. The van der Waals surface area contributed by atoms with Crippen molar-refractivity contribution < 1.29 is 23.5 Å². The predicted molar refractivity (Wildman–Crippen MR) is 122 cm³/mol. The van der Waals surface area contributed by atoms with Gasteiger partial charge in [-0.3, -0.25) is 4.79 Å². The molecule has 4 aromatic rings. The first-order valence-corrected chi connectivity index (χ1v) is 10.3. The van der Waals surface area contributed by atoms with Crippen LogP contribution in [0.4, 0.5) is 0 Å². The third-order valence-corrected chi connectivity index (χ3v) is 4.83. The Hall–Kier alpha value is -4.39. The molecule has 0 aliphatic heterocycles. The summed E-state index contributed by atoms with van der Waals surface area (Å²) in [6.07, 6.45) is 0. The second kappa shape index (κ2) is 9.82. The molecule has 0 aliphatic carbocycles. The van der Waals surface area contributed by atoms with Crippen LogP contribution in [0.1, 0.15) is 21.5 Å². The first kappa shape index (κ1) is 21.8. The molecule has 33 heavy (non-hydrogen) atoms. The Morgan fingerprint density at radius 1 is 0.909 bits per heavy atom. The molecule has 1 N–H and O–H groups in total. The standard InChI is InChI=1S/C26H21NO6/c1-17-6-5-9-20(12-17)31-16-24(28)32-21-11-10-19-13-22(26(30)33-23(19)14-21)25(29)27-15-18-7-3-2-4-8-18/h2-14H,15-16H2,1H3,(H,27,29). The fourth-order valence-electron chi connectivity index (χ4n) is 3.20. The van der Waals surface area contributed by atoms with Crippen molar-refractivity contribution >= 4 is 22.8 Å². The summed E-state index contributed by atoms with van der Waals surface area (Å²) in [6.45, 7) is 1.94. The summed E-state index contributed by atoms with van der Waals surface area (Å²) in [4.78, 5) is 36.9. The monoisotopic (exact) mass is 443 g/mol. The van der Waals surface area contributed by atoms with Crippen LogP contribution in [0.3, 0.4) is 0 Å². The number of ether oxygens (including phenoxy) is 2. The van der Waals surface area contributed by atoms with Gasteiger partial charge in [0.25, 0.3) is 5.91 Å². The normalized spacial score (nSPS) is 10.6. The van der Waals surface area contributed by atoms with Crippen molar-refractivity contribution in [2.75, 3.05) is 6.61 Å². The highest BCUT2D eigenvalue weighted by Crippen LogP contribution is 2.21. The molecule has 7 nitrogen and oxygen atoms in total. The van der Waals surface area contributed by atoms with E-state index in [9.17, 15) is 14.4 Å². The van der Waals surface area contributed by atoms with Crippen molar-refractivity contribution in [3.05, 3.63) is 106 Å². The largest absolute Gasteiger partial charge is 0.482 e. The summed E-state index contributed by atoms with van der Waals surface area (Å²) in [6, 6.07) is 22.7. The number of benzene rings is 3. The summed E-state index contributed by atoms with van der Waals surface area (Å²) in [7, 11) is 0. The van der Waals surface area contributed by atoms with Crippen molar-refractivity contribution in [2.24, 2.45) is 0 Å². The lowest BCUT2D eigenvalue weighted by Gasteiger charge is -2.08. The van der Waals surface area contributed by atoms with E-state index in [1.54, 1.807) is 18.2 Å². The summed E-state index contributed by atoms with van der Waals surface area (Å²) >= 11 is 0. The van der Waals surface area contributed by atoms with Gasteiger partial charge < -0.3 is 19.2 Å². The molecule has 1 aromatic heterocycles. The van der Waals surface area contributed by atoms with Gasteiger partial charge in [-0.2, -0.15) is 0 Å². The van der Waals surface area contributed by atoms with E-state index in [0.29, 0.717) is 11.1 Å². The molecule has 1 amide bonds. The minimum atomic E-state index is -0.778. The van der Waals surface area contributed by atoms with Gasteiger partial charge in [-0.1, -0.05) is 42.5 Å². The summed E-state index contributed by atoms with van der Waals surface area (Å²) < 4.78 is 16.0. The Kier molecular flexibility index (Phi) is 6.50. The Balaban J connectivity index is 1.42. The zero-order valence-electron chi connectivity index (χ0n) is 17.9. The van der Waals surface area contributed by atoms with Crippen molar-refractivity contribution in [1.29, 1.82) is 0 Å². The highest BCUT2D eigenvalue weighted by atomic mass is 16.6. The lowest BCUT2D eigenvalue weighted by molar-refractivity contribution is -0.136. The smallest absolute Gasteiger partial charge is 0.349 e. The van der Waals surface area contributed by atoms with E-state index in [4.69, 9.17) is 13.9 Å². The van der Waals surface area contributed by atoms with Crippen LogP contribution in [0.5, 0.6) is 11.5 Å². The maximum Gasteiger partial charge on any atom is 0.349 e. The number of esters is 1. The van der Waals surface area contributed by atoms with Gasteiger partial charge in [0.2, 0.25) is 0 Å². The number of rotatable bonds is 7. The number of carbonyl (C=O) groups excluding carboxylic acids is 2. The molecule has 0 spiro atoms. The van der Waals surface area contributed by atoms with Crippen LogP contribution in [-0.2, 0) is 11.3 Å². The van der Waals surface area contributed by atoms with Crippen molar-refractivity contribution in [3.63, 3.8) is 0 Å².